The van der Waals surface area contributed by atoms with Gasteiger partial charge in [-0.25, -0.2) is 0 Å². The highest BCUT2D eigenvalue weighted by atomic mass is 16.3. The highest BCUT2D eigenvalue weighted by molar-refractivity contribution is 6.10. The molecule has 0 radical (unpaired) electrons. The van der Waals surface area contributed by atoms with Crippen LogP contribution in [0.2, 0.25) is 0 Å². The van der Waals surface area contributed by atoms with Crippen LogP contribution >= 0.6 is 0 Å². The van der Waals surface area contributed by atoms with Crippen LogP contribution in [-0.2, 0) is 6.54 Å². The fourth-order valence-electron chi connectivity index (χ4n) is 3.93. The van der Waals surface area contributed by atoms with E-state index in [1.165, 1.54) is 0 Å². The molecule has 5 rings (SSSR count). The quantitative estimate of drug-likeness (QED) is 0.684. The van der Waals surface area contributed by atoms with Crippen molar-refractivity contribution in [1.82, 2.24) is 5.32 Å². The van der Waals surface area contributed by atoms with Crippen LogP contribution in [0.3, 0.4) is 0 Å². The summed E-state index contributed by atoms with van der Waals surface area (Å²) >= 11 is 0. The summed E-state index contributed by atoms with van der Waals surface area (Å²) in [6, 6.07) is 18.6. The van der Waals surface area contributed by atoms with E-state index in [1.54, 1.807) is 23.1 Å². The van der Waals surface area contributed by atoms with Gasteiger partial charge in [-0.05, 0) is 78.4 Å². The fourth-order valence-corrected chi connectivity index (χ4v) is 3.93. The van der Waals surface area contributed by atoms with Crippen LogP contribution in [0.4, 0.5) is 5.69 Å². The summed E-state index contributed by atoms with van der Waals surface area (Å²) in [5, 5.41) is 12.8. The molecule has 150 valence electrons. The number of aromatic hydroxyl groups is 1. The lowest BCUT2D eigenvalue weighted by Crippen LogP contribution is -2.25. The van der Waals surface area contributed by atoms with Crippen molar-refractivity contribution in [3.05, 3.63) is 82.9 Å². The maximum absolute atomic E-state index is 12.9. The molecule has 0 saturated heterocycles. The van der Waals surface area contributed by atoms with Gasteiger partial charge in [0.2, 0.25) is 0 Å². The van der Waals surface area contributed by atoms with E-state index in [2.05, 4.69) is 5.32 Å². The third kappa shape index (κ3) is 3.32. The van der Waals surface area contributed by atoms with E-state index in [1.807, 2.05) is 49.4 Å². The number of phenolic OH excluding ortho intramolecular Hbond substituents is 1. The molecule has 5 nitrogen and oxygen atoms in total. The van der Waals surface area contributed by atoms with Gasteiger partial charge in [-0.2, -0.15) is 0 Å². The van der Waals surface area contributed by atoms with Crippen molar-refractivity contribution in [2.45, 2.75) is 32.4 Å². The second-order valence-electron chi connectivity index (χ2n) is 8.06. The number of aryl methyl sites for hydroxylation is 1. The number of carbonyl (C=O) groups is 2. The molecular weight excluding hydrogens is 376 g/mol. The molecule has 1 aliphatic carbocycles. The molecule has 0 unspecified atom stereocenters. The lowest BCUT2D eigenvalue weighted by atomic mass is 9.95. The third-order valence-corrected chi connectivity index (χ3v) is 5.77. The number of amides is 2. The topological polar surface area (TPSA) is 69.6 Å². The molecule has 3 aromatic rings. The van der Waals surface area contributed by atoms with Crippen LogP contribution in [0.1, 0.15) is 44.7 Å². The van der Waals surface area contributed by atoms with E-state index in [4.69, 9.17) is 0 Å². The molecule has 30 heavy (non-hydrogen) atoms. The SMILES string of the molecule is Cc1ccc(C(=O)NC2CC2)cc1-c1ccc2c(c1)CN(c1cccc(O)c1)C2=O. The molecule has 0 aromatic heterocycles. The Morgan fingerprint density at radius 2 is 1.87 bits per heavy atom. The summed E-state index contributed by atoms with van der Waals surface area (Å²) in [6.07, 6.45) is 2.11. The van der Waals surface area contributed by atoms with Gasteiger partial charge in [-0.3, -0.25) is 9.59 Å². The Balaban J connectivity index is 1.47. The van der Waals surface area contributed by atoms with Crippen molar-refractivity contribution in [2.75, 3.05) is 4.90 Å². The second-order valence-corrected chi connectivity index (χ2v) is 8.06. The Bertz CT molecular complexity index is 1180. The first-order chi connectivity index (χ1) is 14.5. The number of hydrogen-bond donors (Lipinski definition) is 2. The number of rotatable bonds is 4. The summed E-state index contributed by atoms with van der Waals surface area (Å²) in [5.41, 5.74) is 5.98. The van der Waals surface area contributed by atoms with Crippen LogP contribution in [0.15, 0.2) is 60.7 Å². The van der Waals surface area contributed by atoms with Crippen molar-refractivity contribution >= 4 is 17.5 Å². The average molecular weight is 398 g/mol. The highest BCUT2D eigenvalue weighted by Crippen LogP contribution is 2.34. The van der Waals surface area contributed by atoms with Gasteiger partial charge in [0.25, 0.3) is 11.8 Å². The molecule has 2 aliphatic rings. The predicted molar refractivity (Wildman–Crippen MR) is 116 cm³/mol. The van der Waals surface area contributed by atoms with Crippen molar-refractivity contribution in [3.63, 3.8) is 0 Å². The standard InChI is InChI=1S/C25H22N2O3/c1-15-5-6-17(24(29)26-19-8-9-19)12-23(15)16-7-10-22-18(11-16)14-27(25(22)30)20-3-2-4-21(28)13-20/h2-7,10-13,19,28H,8-9,14H2,1H3,(H,26,29). The summed E-state index contributed by atoms with van der Waals surface area (Å²) in [7, 11) is 0. The van der Waals surface area contributed by atoms with Crippen LogP contribution in [0.25, 0.3) is 11.1 Å². The minimum absolute atomic E-state index is 0.0369. The largest absolute Gasteiger partial charge is 0.508 e. The maximum atomic E-state index is 12.9. The molecule has 3 aromatic carbocycles. The van der Waals surface area contributed by atoms with Crippen LogP contribution < -0.4 is 10.2 Å². The zero-order valence-corrected chi connectivity index (χ0v) is 16.7. The van der Waals surface area contributed by atoms with Crippen molar-refractivity contribution in [3.8, 4) is 16.9 Å². The molecule has 1 aliphatic heterocycles. The molecule has 2 amide bonds. The summed E-state index contributed by atoms with van der Waals surface area (Å²) < 4.78 is 0. The normalized spacial score (nSPS) is 15.2. The third-order valence-electron chi connectivity index (χ3n) is 5.77. The number of carbonyl (C=O) groups excluding carboxylic acids is 2. The zero-order chi connectivity index (χ0) is 20.8. The van der Waals surface area contributed by atoms with E-state index < -0.39 is 0 Å². The highest BCUT2D eigenvalue weighted by Gasteiger charge is 2.29. The number of phenols is 1. The lowest BCUT2D eigenvalue weighted by molar-refractivity contribution is 0.0949. The molecule has 1 saturated carbocycles. The Hall–Kier alpha value is -3.60. The lowest BCUT2D eigenvalue weighted by Gasteiger charge is -2.15. The van der Waals surface area contributed by atoms with Gasteiger partial charge in [0.1, 0.15) is 5.75 Å². The fraction of sp³-hybridized carbons (Fsp3) is 0.200. The van der Waals surface area contributed by atoms with Gasteiger partial charge in [0, 0.05) is 28.9 Å². The Kier molecular flexibility index (Phi) is 4.31. The van der Waals surface area contributed by atoms with Gasteiger partial charge in [0.05, 0.1) is 6.54 Å². The van der Waals surface area contributed by atoms with Gasteiger partial charge in [0.15, 0.2) is 0 Å². The Morgan fingerprint density at radius 3 is 2.63 bits per heavy atom. The minimum atomic E-state index is -0.0727. The second kappa shape index (κ2) is 7.02. The zero-order valence-electron chi connectivity index (χ0n) is 16.7. The molecule has 0 spiro atoms. The molecule has 1 heterocycles. The predicted octanol–water partition coefficient (Wildman–Crippen LogP) is 4.42. The molecule has 1 fully saturated rings. The van der Waals surface area contributed by atoms with E-state index >= 15 is 0 Å². The average Bonchev–Trinajstić information content (AvgIpc) is 3.49. The van der Waals surface area contributed by atoms with E-state index in [9.17, 15) is 14.7 Å². The number of nitrogens with one attached hydrogen (secondary N) is 1. The number of fused-ring (bicyclic) bond motifs is 1. The van der Waals surface area contributed by atoms with Gasteiger partial charge >= 0.3 is 0 Å². The summed E-state index contributed by atoms with van der Waals surface area (Å²) in [6.45, 7) is 2.47. The molecular formula is C25H22N2O3. The first-order valence-corrected chi connectivity index (χ1v) is 10.2. The Labute approximate surface area is 175 Å². The molecule has 0 atom stereocenters. The van der Waals surface area contributed by atoms with Crippen molar-refractivity contribution < 1.29 is 14.7 Å². The van der Waals surface area contributed by atoms with Crippen LogP contribution in [0.5, 0.6) is 5.75 Å². The Morgan fingerprint density at radius 1 is 1.03 bits per heavy atom. The van der Waals surface area contributed by atoms with E-state index in [0.29, 0.717) is 29.4 Å². The summed E-state index contributed by atoms with van der Waals surface area (Å²) in [5.74, 6) is 0.0236. The first kappa shape index (κ1) is 18.4. The smallest absolute Gasteiger partial charge is 0.258 e. The number of nitrogens with zero attached hydrogens (tertiary/aromatic N) is 1. The number of hydrogen-bond acceptors (Lipinski definition) is 3. The van der Waals surface area contributed by atoms with Crippen molar-refractivity contribution in [2.24, 2.45) is 0 Å². The monoisotopic (exact) mass is 398 g/mol. The van der Waals surface area contributed by atoms with Crippen LogP contribution in [0, 0.1) is 6.92 Å². The van der Waals surface area contributed by atoms with Gasteiger partial charge < -0.3 is 15.3 Å². The maximum Gasteiger partial charge on any atom is 0.258 e. The van der Waals surface area contributed by atoms with Gasteiger partial charge in [-0.1, -0.05) is 18.2 Å². The minimum Gasteiger partial charge on any atom is -0.508 e. The van der Waals surface area contributed by atoms with Gasteiger partial charge in [-0.15, -0.1) is 0 Å². The van der Waals surface area contributed by atoms with E-state index in [-0.39, 0.29) is 17.6 Å². The number of benzene rings is 3. The summed E-state index contributed by atoms with van der Waals surface area (Å²) in [4.78, 5) is 27.0. The molecule has 5 heteroatoms. The van der Waals surface area contributed by atoms with Crippen LogP contribution in [-0.4, -0.2) is 23.0 Å². The van der Waals surface area contributed by atoms with Crippen molar-refractivity contribution in [1.29, 1.82) is 0 Å². The number of anilines is 1. The molecule has 0 bridgehead atoms. The molecule has 2 N–H and O–H groups in total. The van der Waals surface area contributed by atoms with E-state index in [0.717, 1.165) is 35.1 Å². The first-order valence-electron chi connectivity index (χ1n) is 10.2.